The lowest BCUT2D eigenvalue weighted by Gasteiger charge is -2.26. The first kappa shape index (κ1) is 25.5. The molecule has 0 bridgehead atoms. The molecule has 2 fully saturated rings. The highest BCUT2D eigenvalue weighted by molar-refractivity contribution is 7.99. The zero-order valence-electron chi connectivity index (χ0n) is 18.9. The van der Waals surface area contributed by atoms with Gasteiger partial charge in [-0.3, -0.25) is 19.7 Å². The van der Waals surface area contributed by atoms with Crippen molar-refractivity contribution in [1.82, 2.24) is 15.5 Å². The van der Waals surface area contributed by atoms with E-state index >= 15 is 0 Å². The largest absolute Gasteiger partial charge is 0.480 e. The average molecular weight is 478 g/mol. The minimum absolute atomic E-state index is 0.0606. The van der Waals surface area contributed by atoms with E-state index in [9.17, 15) is 24.6 Å². The maximum Gasteiger partial charge on any atom is 0.323 e. The molecule has 0 radical (unpaired) electrons. The van der Waals surface area contributed by atoms with Gasteiger partial charge >= 0.3 is 11.9 Å². The number of unbranched alkanes of at least 4 members (excludes halogenated alkanes) is 1. The van der Waals surface area contributed by atoms with E-state index in [2.05, 4.69) is 10.6 Å². The van der Waals surface area contributed by atoms with E-state index in [0.29, 0.717) is 18.1 Å². The van der Waals surface area contributed by atoms with Crippen LogP contribution in [0.25, 0.3) is 0 Å². The number of carbonyl (C=O) groups is 3. The van der Waals surface area contributed by atoms with Crippen LogP contribution in [-0.4, -0.2) is 77.0 Å². The van der Waals surface area contributed by atoms with Crippen LogP contribution in [0.4, 0.5) is 0 Å². The summed E-state index contributed by atoms with van der Waals surface area (Å²) in [6, 6.07) is 8.14. The number of amides is 1. The molecule has 8 nitrogen and oxygen atoms in total. The van der Waals surface area contributed by atoms with Crippen molar-refractivity contribution in [3.63, 3.8) is 0 Å². The Morgan fingerprint density at radius 2 is 1.88 bits per heavy atom. The third-order valence-electron chi connectivity index (χ3n) is 6.47. The summed E-state index contributed by atoms with van der Waals surface area (Å²) in [5, 5.41) is 25.4. The fourth-order valence-corrected chi connectivity index (χ4v) is 5.91. The third kappa shape index (κ3) is 8.01. The first-order valence-electron chi connectivity index (χ1n) is 11.8. The molecule has 1 aromatic rings. The number of aliphatic carboxylic acids is 2. The lowest BCUT2D eigenvalue weighted by atomic mass is 9.92. The van der Waals surface area contributed by atoms with E-state index in [0.717, 1.165) is 37.9 Å². The van der Waals surface area contributed by atoms with Crippen LogP contribution in [0.3, 0.4) is 0 Å². The van der Waals surface area contributed by atoms with Gasteiger partial charge in [0.1, 0.15) is 12.6 Å². The van der Waals surface area contributed by atoms with Crippen molar-refractivity contribution in [3.05, 3.63) is 35.9 Å². The topological polar surface area (TPSA) is 119 Å². The van der Waals surface area contributed by atoms with Crippen molar-refractivity contribution >= 4 is 29.6 Å². The van der Waals surface area contributed by atoms with E-state index in [1.54, 1.807) is 11.8 Å². The van der Waals surface area contributed by atoms with Crippen LogP contribution in [0.5, 0.6) is 0 Å². The van der Waals surface area contributed by atoms with E-state index in [-0.39, 0.29) is 17.7 Å². The summed E-state index contributed by atoms with van der Waals surface area (Å²) in [6.45, 7) is 2.01. The zero-order valence-corrected chi connectivity index (χ0v) is 19.8. The molecule has 1 aromatic carbocycles. The first-order valence-corrected chi connectivity index (χ1v) is 12.9. The van der Waals surface area contributed by atoms with Crippen LogP contribution in [0.1, 0.15) is 49.3 Å². The van der Waals surface area contributed by atoms with Crippen molar-refractivity contribution in [3.8, 4) is 0 Å². The minimum Gasteiger partial charge on any atom is -0.480 e. The Hall–Kier alpha value is -2.10. The smallest absolute Gasteiger partial charge is 0.323 e. The van der Waals surface area contributed by atoms with Gasteiger partial charge in [0.2, 0.25) is 5.91 Å². The molecule has 2 saturated heterocycles. The number of nitrogens with zero attached hydrogens (tertiary/aromatic N) is 1. The lowest BCUT2D eigenvalue weighted by Crippen LogP contribution is -2.53. The molecule has 4 N–H and O–H groups in total. The lowest BCUT2D eigenvalue weighted by molar-refractivity contribution is -0.146. The summed E-state index contributed by atoms with van der Waals surface area (Å²) in [5.74, 6) is -1.28. The maximum atomic E-state index is 13.1. The van der Waals surface area contributed by atoms with Crippen molar-refractivity contribution in [1.29, 1.82) is 0 Å². The number of hydrogen-bond acceptors (Lipinski definition) is 6. The summed E-state index contributed by atoms with van der Waals surface area (Å²) < 4.78 is 0. The summed E-state index contributed by atoms with van der Waals surface area (Å²) in [4.78, 5) is 37.8. The predicted molar refractivity (Wildman–Crippen MR) is 128 cm³/mol. The highest BCUT2D eigenvalue weighted by atomic mass is 32.2. The molecular weight excluding hydrogens is 442 g/mol. The van der Waals surface area contributed by atoms with Gasteiger partial charge in [-0.15, -0.1) is 11.8 Å². The summed E-state index contributed by atoms with van der Waals surface area (Å²) >= 11 is 1.56. The number of rotatable bonds is 11. The number of hydrogen-bond donors (Lipinski definition) is 4. The Bertz CT molecular complexity index is 788. The molecular formula is C24H35N3O5S. The first-order chi connectivity index (χ1) is 15.9. The Morgan fingerprint density at radius 3 is 2.55 bits per heavy atom. The molecule has 1 amide bonds. The predicted octanol–water partition coefficient (Wildman–Crippen LogP) is 2.36. The van der Waals surface area contributed by atoms with Gasteiger partial charge in [-0.2, -0.15) is 0 Å². The molecule has 0 aliphatic carbocycles. The molecule has 3 unspecified atom stereocenters. The van der Waals surface area contributed by atoms with Crippen LogP contribution in [-0.2, 0) is 14.4 Å². The van der Waals surface area contributed by atoms with Gasteiger partial charge in [0, 0.05) is 17.5 Å². The average Bonchev–Trinajstić information content (AvgIpc) is 2.96. The summed E-state index contributed by atoms with van der Waals surface area (Å²) in [7, 11) is 0. The molecule has 0 saturated carbocycles. The molecule has 0 aromatic heterocycles. The molecule has 182 valence electrons. The van der Waals surface area contributed by atoms with E-state index in [1.807, 2.05) is 30.3 Å². The minimum atomic E-state index is -1.08. The standard InChI is InChI=1S/C24H35N3O5S/c28-22(29)15-27-14-21(18-7-2-1-3-8-18)33-16-20(23(27)30)26-19(24(31)32)9-5-4-6-17-10-12-25-13-11-17/h1-3,7-8,17,19-21,25-26H,4-6,9-16H2,(H,28,29)(H,31,32). The van der Waals surface area contributed by atoms with Crippen LogP contribution >= 0.6 is 11.8 Å². The van der Waals surface area contributed by atoms with Crippen LogP contribution in [0, 0.1) is 5.92 Å². The SMILES string of the molecule is O=C(O)CN1CC(c2ccccc2)SCC(NC(CCCCC2CCNCC2)C(=O)O)C1=O. The number of carboxylic acids is 2. The molecule has 3 rings (SSSR count). The van der Waals surface area contributed by atoms with Crippen LogP contribution in [0.2, 0.25) is 0 Å². The van der Waals surface area contributed by atoms with Gasteiger partial charge in [-0.1, -0.05) is 49.6 Å². The fourth-order valence-electron chi connectivity index (χ4n) is 4.61. The number of benzene rings is 1. The van der Waals surface area contributed by atoms with Gasteiger partial charge in [0.15, 0.2) is 0 Å². The van der Waals surface area contributed by atoms with Gasteiger partial charge in [-0.05, 0) is 43.8 Å². The van der Waals surface area contributed by atoms with Crippen LogP contribution in [0.15, 0.2) is 30.3 Å². The number of piperidine rings is 1. The Kier molecular flexibility index (Phi) is 10.0. The second kappa shape index (κ2) is 13.0. The van der Waals surface area contributed by atoms with Crippen LogP contribution < -0.4 is 10.6 Å². The quantitative estimate of drug-likeness (QED) is 0.359. The Labute approximate surface area is 199 Å². The zero-order chi connectivity index (χ0) is 23.6. The van der Waals surface area contributed by atoms with Crippen molar-refractivity contribution in [2.75, 3.05) is 31.9 Å². The molecule has 2 aliphatic heterocycles. The molecule has 0 spiro atoms. The highest BCUT2D eigenvalue weighted by Gasteiger charge is 2.35. The number of carboxylic acid groups (broad SMARTS) is 2. The van der Waals surface area contributed by atoms with E-state index in [1.165, 1.54) is 17.7 Å². The summed E-state index contributed by atoms with van der Waals surface area (Å²) in [5.41, 5.74) is 1.03. The maximum absolute atomic E-state index is 13.1. The second-order valence-electron chi connectivity index (χ2n) is 8.93. The van der Waals surface area contributed by atoms with E-state index < -0.39 is 30.6 Å². The van der Waals surface area contributed by atoms with Gasteiger partial charge in [0.25, 0.3) is 0 Å². The van der Waals surface area contributed by atoms with Crippen molar-refractivity contribution < 1.29 is 24.6 Å². The molecule has 3 atom stereocenters. The Balaban J connectivity index is 1.60. The van der Waals surface area contributed by atoms with Crippen molar-refractivity contribution in [2.45, 2.75) is 55.9 Å². The molecule has 2 aliphatic rings. The van der Waals surface area contributed by atoms with Crippen molar-refractivity contribution in [2.24, 2.45) is 5.92 Å². The highest BCUT2D eigenvalue weighted by Crippen LogP contribution is 2.33. The van der Waals surface area contributed by atoms with Gasteiger partial charge < -0.3 is 20.4 Å². The second-order valence-corrected chi connectivity index (χ2v) is 10.2. The molecule has 33 heavy (non-hydrogen) atoms. The third-order valence-corrected chi connectivity index (χ3v) is 7.82. The van der Waals surface area contributed by atoms with Gasteiger partial charge in [0.05, 0.1) is 6.04 Å². The number of carbonyl (C=O) groups excluding carboxylic acids is 1. The number of nitrogens with one attached hydrogen (secondary N) is 2. The summed E-state index contributed by atoms with van der Waals surface area (Å²) in [6.07, 6.45) is 5.68. The fraction of sp³-hybridized carbons (Fsp3) is 0.625. The number of thioether (sulfide) groups is 1. The monoisotopic (exact) mass is 477 g/mol. The van der Waals surface area contributed by atoms with Gasteiger partial charge in [-0.25, -0.2) is 0 Å². The normalized spacial score (nSPS) is 23.2. The van der Waals surface area contributed by atoms with E-state index in [4.69, 9.17) is 0 Å². The molecule has 2 heterocycles. The Morgan fingerprint density at radius 1 is 1.15 bits per heavy atom. The molecule has 9 heteroatoms.